The van der Waals surface area contributed by atoms with Crippen molar-refractivity contribution in [3.63, 3.8) is 0 Å². The summed E-state index contributed by atoms with van der Waals surface area (Å²) in [5.74, 6) is 2.80. The molecule has 0 bridgehead atoms. The van der Waals surface area contributed by atoms with Crippen molar-refractivity contribution in [3.05, 3.63) is 12.4 Å². The summed E-state index contributed by atoms with van der Waals surface area (Å²) in [5.41, 5.74) is 0. The number of anilines is 2. The highest BCUT2D eigenvalue weighted by atomic mass is 15.3. The predicted molar refractivity (Wildman–Crippen MR) is 69.3 cm³/mol. The Bertz CT molecular complexity index is 393. The number of nitrogens with zero attached hydrogens (tertiary/aromatic N) is 3. The van der Waals surface area contributed by atoms with Crippen molar-refractivity contribution >= 4 is 11.6 Å². The minimum atomic E-state index is 0.713. The Morgan fingerprint density at radius 1 is 1.24 bits per heavy atom. The lowest BCUT2D eigenvalue weighted by Gasteiger charge is -2.32. The van der Waals surface area contributed by atoms with Gasteiger partial charge in [-0.15, -0.1) is 0 Å². The first kappa shape index (κ1) is 10.8. The molecule has 4 heteroatoms. The van der Waals surface area contributed by atoms with Crippen LogP contribution in [0.3, 0.4) is 0 Å². The summed E-state index contributed by atoms with van der Waals surface area (Å²) in [7, 11) is 1.89. The molecule has 2 unspecified atom stereocenters. The molecule has 2 aliphatic rings. The molecule has 92 valence electrons. The Labute approximate surface area is 102 Å². The van der Waals surface area contributed by atoms with Crippen molar-refractivity contribution in [3.8, 4) is 0 Å². The van der Waals surface area contributed by atoms with E-state index in [4.69, 9.17) is 0 Å². The SMILES string of the molecule is CNc1cncc(N2CCC3CCCCC32)n1. The number of hydrogen-bond acceptors (Lipinski definition) is 4. The number of nitrogens with one attached hydrogen (secondary N) is 1. The van der Waals surface area contributed by atoms with Crippen LogP contribution in [-0.4, -0.2) is 29.6 Å². The molecule has 1 N–H and O–H groups in total. The van der Waals surface area contributed by atoms with Crippen LogP contribution in [0.1, 0.15) is 32.1 Å². The molecule has 1 saturated heterocycles. The van der Waals surface area contributed by atoms with Gasteiger partial charge in [-0.05, 0) is 25.2 Å². The molecule has 1 aromatic heterocycles. The van der Waals surface area contributed by atoms with Gasteiger partial charge < -0.3 is 10.2 Å². The van der Waals surface area contributed by atoms with Gasteiger partial charge in [-0.2, -0.15) is 0 Å². The minimum Gasteiger partial charge on any atom is -0.372 e. The average molecular weight is 232 g/mol. The molecule has 0 spiro atoms. The molecule has 2 fully saturated rings. The second-order valence-corrected chi connectivity index (χ2v) is 5.11. The van der Waals surface area contributed by atoms with Gasteiger partial charge >= 0.3 is 0 Å². The summed E-state index contributed by atoms with van der Waals surface area (Å²) >= 11 is 0. The van der Waals surface area contributed by atoms with Crippen molar-refractivity contribution in [2.75, 3.05) is 23.8 Å². The van der Waals surface area contributed by atoms with Crippen molar-refractivity contribution in [1.82, 2.24) is 9.97 Å². The normalized spacial score (nSPS) is 27.9. The van der Waals surface area contributed by atoms with Crippen LogP contribution in [0.5, 0.6) is 0 Å². The lowest BCUT2D eigenvalue weighted by atomic mass is 9.85. The first-order chi connectivity index (χ1) is 8.38. The molecule has 17 heavy (non-hydrogen) atoms. The largest absolute Gasteiger partial charge is 0.372 e. The van der Waals surface area contributed by atoms with Crippen LogP contribution in [-0.2, 0) is 0 Å². The summed E-state index contributed by atoms with van der Waals surface area (Å²) in [6, 6.07) is 0.713. The highest BCUT2D eigenvalue weighted by Gasteiger charge is 2.36. The van der Waals surface area contributed by atoms with E-state index in [0.717, 1.165) is 24.1 Å². The Kier molecular flexibility index (Phi) is 2.87. The fourth-order valence-electron chi connectivity index (χ4n) is 3.30. The van der Waals surface area contributed by atoms with Crippen molar-refractivity contribution in [2.45, 2.75) is 38.1 Å². The molecule has 0 amide bonds. The van der Waals surface area contributed by atoms with Gasteiger partial charge in [-0.25, -0.2) is 4.98 Å². The molecule has 1 aromatic rings. The van der Waals surface area contributed by atoms with E-state index in [9.17, 15) is 0 Å². The van der Waals surface area contributed by atoms with Crippen molar-refractivity contribution in [2.24, 2.45) is 5.92 Å². The van der Waals surface area contributed by atoms with Gasteiger partial charge in [0.1, 0.15) is 11.6 Å². The van der Waals surface area contributed by atoms with E-state index in [-0.39, 0.29) is 0 Å². The fourth-order valence-corrected chi connectivity index (χ4v) is 3.30. The van der Waals surface area contributed by atoms with Crippen LogP contribution in [0.2, 0.25) is 0 Å². The van der Waals surface area contributed by atoms with Gasteiger partial charge in [-0.3, -0.25) is 4.98 Å². The third-order valence-corrected chi connectivity index (χ3v) is 4.18. The molecule has 0 aromatic carbocycles. The topological polar surface area (TPSA) is 41.1 Å². The van der Waals surface area contributed by atoms with E-state index >= 15 is 0 Å². The van der Waals surface area contributed by atoms with Crippen LogP contribution in [0, 0.1) is 5.92 Å². The maximum absolute atomic E-state index is 4.62. The van der Waals surface area contributed by atoms with E-state index < -0.39 is 0 Å². The molecule has 2 atom stereocenters. The maximum atomic E-state index is 4.62. The zero-order valence-corrected chi connectivity index (χ0v) is 10.4. The first-order valence-corrected chi connectivity index (χ1v) is 6.65. The summed E-state index contributed by atoms with van der Waals surface area (Å²) in [5, 5.41) is 3.06. The van der Waals surface area contributed by atoms with Gasteiger partial charge in [0.15, 0.2) is 0 Å². The van der Waals surface area contributed by atoms with Crippen LogP contribution in [0.15, 0.2) is 12.4 Å². The lowest BCUT2D eigenvalue weighted by molar-refractivity contribution is 0.341. The molecule has 1 saturated carbocycles. The number of aromatic nitrogens is 2. The summed E-state index contributed by atoms with van der Waals surface area (Å²) in [4.78, 5) is 11.4. The summed E-state index contributed by atoms with van der Waals surface area (Å²) in [6.07, 6.45) is 10.5. The molecule has 1 aliphatic carbocycles. The predicted octanol–water partition coefficient (Wildman–Crippen LogP) is 2.29. The smallest absolute Gasteiger partial charge is 0.149 e. The second-order valence-electron chi connectivity index (χ2n) is 5.11. The van der Waals surface area contributed by atoms with Crippen LogP contribution < -0.4 is 10.2 Å². The number of fused-ring (bicyclic) bond motifs is 1. The van der Waals surface area contributed by atoms with Crippen molar-refractivity contribution in [1.29, 1.82) is 0 Å². The average Bonchev–Trinajstić information content (AvgIpc) is 2.82. The van der Waals surface area contributed by atoms with Gasteiger partial charge in [0.25, 0.3) is 0 Å². The Morgan fingerprint density at radius 3 is 3.00 bits per heavy atom. The Morgan fingerprint density at radius 2 is 2.12 bits per heavy atom. The zero-order chi connectivity index (χ0) is 11.7. The highest BCUT2D eigenvalue weighted by molar-refractivity contribution is 5.45. The maximum Gasteiger partial charge on any atom is 0.149 e. The Balaban J connectivity index is 1.83. The van der Waals surface area contributed by atoms with Crippen LogP contribution in [0.4, 0.5) is 11.6 Å². The molecule has 3 rings (SSSR count). The number of rotatable bonds is 2. The van der Waals surface area contributed by atoms with E-state index in [0.29, 0.717) is 6.04 Å². The van der Waals surface area contributed by atoms with E-state index in [1.165, 1.54) is 32.1 Å². The summed E-state index contributed by atoms with van der Waals surface area (Å²) in [6.45, 7) is 1.15. The van der Waals surface area contributed by atoms with E-state index in [1.807, 2.05) is 13.2 Å². The highest BCUT2D eigenvalue weighted by Crippen LogP contribution is 2.38. The van der Waals surface area contributed by atoms with Crippen molar-refractivity contribution < 1.29 is 0 Å². The minimum absolute atomic E-state index is 0.713. The fraction of sp³-hybridized carbons (Fsp3) is 0.692. The molecule has 1 aliphatic heterocycles. The molecule has 4 nitrogen and oxygen atoms in total. The van der Waals surface area contributed by atoms with Gasteiger partial charge in [-0.1, -0.05) is 12.8 Å². The molecular formula is C13H20N4. The van der Waals surface area contributed by atoms with Gasteiger partial charge in [0.05, 0.1) is 12.4 Å². The third kappa shape index (κ3) is 1.96. The van der Waals surface area contributed by atoms with Crippen LogP contribution >= 0.6 is 0 Å². The van der Waals surface area contributed by atoms with Gasteiger partial charge in [0, 0.05) is 19.6 Å². The second kappa shape index (κ2) is 4.51. The third-order valence-electron chi connectivity index (χ3n) is 4.18. The lowest BCUT2D eigenvalue weighted by Crippen LogP contribution is -2.35. The molecule has 0 radical (unpaired) electrons. The first-order valence-electron chi connectivity index (χ1n) is 6.65. The summed E-state index contributed by atoms with van der Waals surface area (Å²) < 4.78 is 0. The van der Waals surface area contributed by atoms with E-state index in [1.54, 1.807) is 6.20 Å². The molecular weight excluding hydrogens is 212 g/mol. The molecule has 2 heterocycles. The Hall–Kier alpha value is -1.32. The quantitative estimate of drug-likeness (QED) is 0.849. The zero-order valence-electron chi connectivity index (χ0n) is 10.4. The standard InChI is InChI=1S/C13H20N4/c1-14-12-8-15-9-13(16-12)17-7-6-10-4-2-3-5-11(10)17/h8-11H,2-7H2,1H3,(H,14,16). The van der Waals surface area contributed by atoms with Gasteiger partial charge in [0.2, 0.25) is 0 Å². The number of hydrogen-bond donors (Lipinski definition) is 1. The monoisotopic (exact) mass is 232 g/mol. The van der Waals surface area contributed by atoms with Crippen LogP contribution in [0.25, 0.3) is 0 Å². The van der Waals surface area contributed by atoms with E-state index in [2.05, 4.69) is 20.2 Å².